The first kappa shape index (κ1) is 19.7. The van der Waals surface area contributed by atoms with Crippen LogP contribution in [0.1, 0.15) is 15.2 Å². The second-order valence-corrected chi connectivity index (χ2v) is 8.55. The first-order valence-corrected chi connectivity index (χ1v) is 10.2. The standard InChI is InChI=1S/C16H11ClN4O5S2/c17-10-2-1-3-12(8-10)28(25,26)20-16-19-15(18)14(27-16)13(22)9-4-6-11(7-5-9)21(23)24/h1-8H,18H2,(H,19,20). The quantitative estimate of drug-likeness (QED) is 0.341. The Morgan fingerprint density at radius 3 is 2.50 bits per heavy atom. The lowest BCUT2D eigenvalue weighted by atomic mass is 10.1. The summed E-state index contributed by atoms with van der Waals surface area (Å²) in [5.74, 6) is -0.685. The molecule has 0 spiro atoms. The number of non-ortho nitro benzene ring substituents is 1. The van der Waals surface area contributed by atoms with E-state index in [9.17, 15) is 23.3 Å². The molecule has 12 heteroatoms. The minimum absolute atomic E-state index is 0.0117. The van der Waals surface area contributed by atoms with Gasteiger partial charge >= 0.3 is 0 Å². The summed E-state index contributed by atoms with van der Waals surface area (Å²) in [6.45, 7) is 0. The topological polar surface area (TPSA) is 145 Å². The number of nitro benzene ring substituents is 1. The van der Waals surface area contributed by atoms with Gasteiger partial charge in [-0.2, -0.15) is 0 Å². The van der Waals surface area contributed by atoms with Crippen LogP contribution in [0, 0.1) is 10.1 Å². The van der Waals surface area contributed by atoms with E-state index in [1.807, 2.05) is 0 Å². The predicted octanol–water partition coefficient (Wildman–Crippen LogP) is 3.32. The fourth-order valence-electron chi connectivity index (χ4n) is 2.21. The molecule has 0 radical (unpaired) electrons. The average molecular weight is 439 g/mol. The van der Waals surface area contributed by atoms with Gasteiger partial charge in [-0.1, -0.05) is 29.0 Å². The zero-order chi connectivity index (χ0) is 20.5. The molecule has 3 rings (SSSR count). The number of ketones is 1. The van der Waals surface area contributed by atoms with Gasteiger partial charge in [0.1, 0.15) is 10.7 Å². The van der Waals surface area contributed by atoms with Crippen molar-refractivity contribution in [2.45, 2.75) is 4.90 Å². The van der Waals surface area contributed by atoms with Gasteiger partial charge in [-0.05, 0) is 30.3 Å². The molecule has 28 heavy (non-hydrogen) atoms. The van der Waals surface area contributed by atoms with Crippen LogP contribution >= 0.6 is 22.9 Å². The number of carbonyl (C=O) groups is 1. The molecule has 1 aromatic heterocycles. The minimum Gasteiger partial charge on any atom is -0.382 e. The van der Waals surface area contributed by atoms with E-state index in [1.165, 1.54) is 48.5 Å². The van der Waals surface area contributed by atoms with Crippen LogP contribution in [0.5, 0.6) is 0 Å². The molecule has 9 nitrogen and oxygen atoms in total. The van der Waals surface area contributed by atoms with Gasteiger partial charge in [-0.15, -0.1) is 0 Å². The monoisotopic (exact) mass is 438 g/mol. The van der Waals surface area contributed by atoms with Crippen LogP contribution in [-0.4, -0.2) is 24.1 Å². The fourth-order valence-corrected chi connectivity index (χ4v) is 4.59. The number of nitrogens with one attached hydrogen (secondary N) is 1. The van der Waals surface area contributed by atoms with E-state index < -0.39 is 20.7 Å². The Hall–Kier alpha value is -3.02. The summed E-state index contributed by atoms with van der Waals surface area (Å²) in [6.07, 6.45) is 0. The van der Waals surface area contributed by atoms with Crippen molar-refractivity contribution in [2.24, 2.45) is 0 Å². The molecular formula is C16H11ClN4O5S2. The fraction of sp³-hybridized carbons (Fsp3) is 0. The van der Waals surface area contributed by atoms with Gasteiger partial charge in [0.15, 0.2) is 5.13 Å². The van der Waals surface area contributed by atoms with Gasteiger partial charge in [-0.25, -0.2) is 13.4 Å². The number of rotatable bonds is 6. The molecule has 0 aliphatic carbocycles. The highest BCUT2D eigenvalue weighted by Crippen LogP contribution is 2.30. The van der Waals surface area contributed by atoms with Crippen molar-refractivity contribution in [3.8, 4) is 0 Å². The number of hydrogen-bond acceptors (Lipinski definition) is 8. The zero-order valence-electron chi connectivity index (χ0n) is 13.8. The van der Waals surface area contributed by atoms with Crippen molar-refractivity contribution in [3.63, 3.8) is 0 Å². The number of benzene rings is 2. The Kier molecular flexibility index (Phi) is 5.31. The molecule has 0 saturated heterocycles. The maximum absolute atomic E-state index is 12.6. The van der Waals surface area contributed by atoms with Crippen LogP contribution in [0.25, 0.3) is 0 Å². The molecule has 0 bridgehead atoms. The molecule has 0 saturated carbocycles. The van der Waals surface area contributed by atoms with E-state index in [-0.39, 0.29) is 37.0 Å². The van der Waals surface area contributed by atoms with Gasteiger partial charge in [0.2, 0.25) is 5.78 Å². The summed E-state index contributed by atoms with van der Waals surface area (Å²) in [5, 5.41) is 10.9. The number of aromatic nitrogens is 1. The number of thiazole rings is 1. The third-order valence-electron chi connectivity index (χ3n) is 3.53. The van der Waals surface area contributed by atoms with Gasteiger partial charge in [0.25, 0.3) is 15.7 Å². The third kappa shape index (κ3) is 4.11. The lowest BCUT2D eigenvalue weighted by Crippen LogP contribution is -2.12. The molecule has 3 aromatic rings. The summed E-state index contributed by atoms with van der Waals surface area (Å²) in [5.41, 5.74) is 5.75. The molecule has 144 valence electrons. The highest BCUT2D eigenvalue weighted by atomic mass is 35.5. The van der Waals surface area contributed by atoms with E-state index in [1.54, 1.807) is 0 Å². The van der Waals surface area contributed by atoms with E-state index in [0.29, 0.717) is 0 Å². The van der Waals surface area contributed by atoms with Crippen LogP contribution in [0.15, 0.2) is 53.4 Å². The van der Waals surface area contributed by atoms with Crippen molar-refractivity contribution < 1.29 is 18.1 Å². The Labute approximate surface area is 168 Å². The number of nitro groups is 1. The first-order chi connectivity index (χ1) is 13.2. The van der Waals surface area contributed by atoms with Crippen molar-refractivity contribution in [2.75, 3.05) is 10.5 Å². The van der Waals surface area contributed by atoms with Crippen LogP contribution in [0.2, 0.25) is 5.02 Å². The molecule has 0 fully saturated rings. The second kappa shape index (κ2) is 7.54. The number of nitrogens with zero attached hydrogens (tertiary/aromatic N) is 2. The maximum Gasteiger partial charge on any atom is 0.269 e. The number of nitrogen functional groups attached to an aromatic ring is 1. The summed E-state index contributed by atoms with van der Waals surface area (Å²) in [4.78, 5) is 26.5. The molecule has 2 aromatic carbocycles. The Balaban J connectivity index is 1.86. The average Bonchev–Trinajstić information content (AvgIpc) is 3.00. The van der Waals surface area contributed by atoms with Crippen molar-refractivity contribution in [1.29, 1.82) is 0 Å². The van der Waals surface area contributed by atoms with Gasteiger partial charge in [0.05, 0.1) is 9.82 Å². The Bertz CT molecular complexity index is 1180. The van der Waals surface area contributed by atoms with Crippen LogP contribution < -0.4 is 10.5 Å². The smallest absolute Gasteiger partial charge is 0.269 e. The minimum atomic E-state index is -3.97. The lowest BCUT2D eigenvalue weighted by Gasteiger charge is -2.05. The molecule has 0 aliphatic rings. The lowest BCUT2D eigenvalue weighted by molar-refractivity contribution is -0.384. The van der Waals surface area contributed by atoms with E-state index in [0.717, 1.165) is 11.3 Å². The first-order valence-electron chi connectivity index (χ1n) is 7.51. The van der Waals surface area contributed by atoms with Crippen molar-refractivity contribution >= 4 is 55.4 Å². The number of carbonyl (C=O) groups excluding carboxylic acids is 1. The summed E-state index contributed by atoms with van der Waals surface area (Å²) >= 11 is 6.57. The van der Waals surface area contributed by atoms with Crippen LogP contribution in [0.3, 0.4) is 0 Å². The third-order valence-corrected chi connectivity index (χ3v) is 6.21. The molecule has 0 amide bonds. The Morgan fingerprint density at radius 1 is 1.21 bits per heavy atom. The number of sulfonamides is 1. The van der Waals surface area contributed by atoms with E-state index in [2.05, 4.69) is 9.71 Å². The number of halogens is 1. The summed E-state index contributed by atoms with van der Waals surface area (Å²) < 4.78 is 27.1. The van der Waals surface area contributed by atoms with Crippen molar-refractivity contribution in [3.05, 3.63) is 74.1 Å². The SMILES string of the molecule is Nc1nc(NS(=O)(=O)c2cccc(Cl)c2)sc1C(=O)c1ccc([N+](=O)[O-])cc1. The molecule has 1 heterocycles. The van der Waals surface area contributed by atoms with E-state index in [4.69, 9.17) is 17.3 Å². The van der Waals surface area contributed by atoms with Gasteiger partial charge in [-0.3, -0.25) is 19.6 Å². The Morgan fingerprint density at radius 2 is 1.89 bits per heavy atom. The molecule has 0 atom stereocenters. The van der Waals surface area contributed by atoms with E-state index >= 15 is 0 Å². The highest BCUT2D eigenvalue weighted by molar-refractivity contribution is 7.93. The largest absolute Gasteiger partial charge is 0.382 e. The number of anilines is 2. The van der Waals surface area contributed by atoms with Crippen molar-refractivity contribution in [1.82, 2.24) is 4.98 Å². The maximum atomic E-state index is 12.6. The highest BCUT2D eigenvalue weighted by Gasteiger charge is 2.22. The molecule has 0 aliphatic heterocycles. The zero-order valence-corrected chi connectivity index (χ0v) is 16.2. The summed E-state index contributed by atoms with van der Waals surface area (Å²) in [7, 11) is -3.97. The molecular weight excluding hydrogens is 428 g/mol. The van der Waals surface area contributed by atoms with Crippen LogP contribution in [-0.2, 0) is 10.0 Å². The summed E-state index contributed by atoms with van der Waals surface area (Å²) in [6, 6.07) is 10.6. The van der Waals surface area contributed by atoms with Gasteiger partial charge < -0.3 is 5.73 Å². The second-order valence-electron chi connectivity index (χ2n) is 5.43. The van der Waals surface area contributed by atoms with Gasteiger partial charge in [0, 0.05) is 22.7 Å². The molecule has 3 N–H and O–H groups in total. The number of hydrogen-bond donors (Lipinski definition) is 2. The predicted molar refractivity (Wildman–Crippen MR) is 105 cm³/mol. The molecule has 0 unspecified atom stereocenters. The van der Waals surface area contributed by atoms with Crippen LogP contribution in [0.4, 0.5) is 16.6 Å². The number of nitrogens with two attached hydrogens (primary N) is 1. The normalized spacial score (nSPS) is 11.2.